The fraction of sp³-hybridized carbons (Fsp3) is 0.385. The maximum Gasteiger partial charge on any atom is 0.176 e. The zero-order valence-electron chi connectivity index (χ0n) is 9.91. The summed E-state index contributed by atoms with van der Waals surface area (Å²) in [5, 5.41) is 1.07. The van der Waals surface area contributed by atoms with Gasteiger partial charge in [0.1, 0.15) is 5.76 Å². The van der Waals surface area contributed by atoms with Crippen molar-refractivity contribution in [2.45, 2.75) is 26.3 Å². The Hall–Kier alpha value is -1.48. The van der Waals surface area contributed by atoms with Gasteiger partial charge in [-0.25, -0.2) is 0 Å². The van der Waals surface area contributed by atoms with E-state index in [1.54, 1.807) is 7.11 Å². The zero-order valence-corrected chi connectivity index (χ0v) is 9.91. The van der Waals surface area contributed by atoms with Crippen LogP contribution in [0.25, 0.3) is 11.0 Å². The summed E-state index contributed by atoms with van der Waals surface area (Å²) in [4.78, 5) is 0. The number of benzene rings is 1. The lowest BCUT2D eigenvalue weighted by atomic mass is 10.0. The van der Waals surface area contributed by atoms with E-state index in [9.17, 15) is 0 Å². The first kappa shape index (κ1) is 11.0. The highest BCUT2D eigenvalue weighted by atomic mass is 16.5. The van der Waals surface area contributed by atoms with Gasteiger partial charge in [0, 0.05) is 11.4 Å². The van der Waals surface area contributed by atoms with Gasteiger partial charge in [-0.1, -0.05) is 12.1 Å². The third-order valence-electron chi connectivity index (χ3n) is 2.59. The predicted molar refractivity (Wildman–Crippen MR) is 64.9 cm³/mol. The van der Waals surface area contributed by atoms with Crippen molar-refractivity contribution >= 4 is 11.0 Å². The molecule has 0 radical (unpaired) electrons. The highest BCUT2D eigenvalue weighted by Gasteiger charge is 2.13. The first-order chi connectivity index (χ1) is 7.61. The minimum absolute atomic E-state index is 0.113. The van der Waals surface area contributed by atoms with Crippen LogP contribution in [0, 0.1) is 6.92 Å². The van der Waals surface area contributed by atoms with Crippen molar-refractivity contribution in [2.75, 3.05) is 7.11 Å². The first-order valence-corrected chi connectivity index (χ1v) is 5.43. The van der Waals surface area contributed by atoms with Crippen molar-refractivity contribution in [3.8, 4) is 5.75 Å². The standard InChI is InChI=1S/C13H17NO2/c1-8(14)6-10-4-5-11-7-9(2)16-13(11)12(10)15-3/h4-5,7-8H,6,14H2,1-3H3. The van der Waals surface area contributed by atoms with E-state index in [2.05, 4.69) is 6.07 Å². The maximum atomic E-state index is 5.81. The van der Waals surface area contributed by atoms with Crippen LogP contribution in [-0.2, 0) is 6.42 Å². The molecule has 0 saturated carbocycles. The molecule has 0 amide bonds. The van der Waals surface area contributed by atoms with Gasteiger partial charge in [-0.3, -0.25) is 0 Å². The van der Waals surface area contributed by atoms with Crippen molar-refractivity contribution in [1.82, 2.24) is 0 Å². The summed E-state index contributed by atoms with van der Waals surface area (Å²) >= 11 is 0. The summed E-state index contributed by atoms with van der Waals surface area (Å²) in [7, 11) is 1.66. The Balaban J connectivity index is 2.57. The minimum atomic E-state index is 0.113. The molecule has 0 aliphatic carbocycles. The van der Waals surface area contributed by atoms with Crippen molar-refractivity contribution in [1.29, 1.82) is 0 Å². The van der Waals surface area contributed by atoms with Gasteiger partial charge in [-0.05, 0) is 31.9 Å². The van der Waals surface area contributed by atoms with Crippen LogP contribution in [0.3, 0.4) is 0 Å². The summed E-state index contributed by atoms with van der Waals surface area (Å²) in [5.41, 5.74) is 7.73. The molecule has 0 aliphatic heterocycles. The molecular formula is C13H17NO2. The number of methoxy groups -OCH3 is 1. The number of ether oxygens (including phenoxy) is 1. The van der Waals surface area contributed by atoms with Gasteiger partial charge >= 0.3 is 0 Å². The van der Waals surface area contributed by atoms with Crippen LogP contribution in [0.2, 0.25) is 0 Å². The molecule has 1 aromatic heterocycles. The third-order valence-corrected chi connectivity index (χ3v) is 2.59. The fourth-order valence-electron chi connectivity index (χ4n) is 1.98. The molecule has 0 bridgehead atoms. The third kappa shape index (κ3) is 1.91. The van der Waals surface area contributed by atoms with Crippen molar-refractivity contribution in [3.05, 3.63) is 29.5 Å². The largest absolute Gasteiger partial charge is 0.493 e. The van der Waals surface area contributed by atoms with E-state index in [1.807, 2.05) is 26.0 Å². The maximum absolute atomic E-state index is 5.81. The molecule has 16 heavy (non-hydrogen) atoms. The van der Waals surface area contributed by atoms with Gasteiger partial charge in [-0.2, -0.15) is 0 Å². The lowest BCUT2D eigenvalue weighted by molar-refractivity contribution is 0.402. The van der Waals surface area contributed by atoms with Gasteiger partial charge in [-0.15, -0.1) is 0 Å². The molecule has 1 atom stereocenters. The normalized spacial score (nSPS) is 13.0. The predicted octanol–water partition coefficient (Wildman–Crippen LogP) is 2.64. The number of hydrogen-bond donors (Lipinski definition) is 1. The van der Waals surface area contributed by atoms with E-state index < -0.39 is 0 Å². The molecule has 3 nitrogen and oxygen atoms in total. The van der Waals surface area contributed by atoms with Crippen LogP contribution in [0.4, 0.5) is 0 Å². The lowest BCUT2D eigenvalue weighted by Crippen LogP contribution is -2.18. The van der Waals surface area contributed by atoms with Crippen LogP contribution in [0.15, 0.2) is 22.6 Å². The number of hydrogen-bond acceptors (Lipinski definition) is 3. The topological polar surface area (TPSA) is 48.4 Å². The molecular weight excluding hydrogens is 202 g/mol. The Morgan fingerprint density at radius 2 is 2.19 bits per heavy atom. The number of nitrogens with two attached hydrogens (primary N) is 1. The molecule has 86 valence electrons. The van der Waals surface area contributed by atoms with E-state index in [0.29, 0.717) is 0 Å². The smallest absolute Gasteiger partial charge is 0.176 e. The Morgan fingerprint density at radius 3 is 2.81 bits per heavy atom. The summed E-state index contributed by atoms with van der Waals surface area (Å²) in [6.45, 7) is 3.92. The van der Waals surface area contributed by atoms with E-state index in [1.165, 1.54) is 0 Å². The van der Waals surface area contributed by atoms with E-state index in [4.69, 9.17) is 14.9 Å². The van der Waals surface area contributed by atoms with Gasteiger partial charge in [0.15, 0.2) is 11.3 Å². The van der Waals surface area contributed by atoms with Crippen molar-refractivity contribution in [2.24, 2.45) is 5.73 Å². The molecule has 0 spiro atoms. The first-order valence-electron chi connectivity index (χ1n) is 5.43. The number of aryl methyl sites for hydroxylation is 1. The van der Waals surface area contributed by atoms with Crippen molar-refractivity contribution in [3.63, 3.8) is 0 Å². The summed E-state index contributed by atoms with van der Waals surface area (Å²) in [6.07, 6.45) is 0.791. The summed E-state index contributed by atoms with van der Waals surface area (Å²) < 4.78 is 11.1. The summed E-state index contributed by atoms with van der Waals surface area (Å²) in [5.74, 6) is 1.70. The quantitative estimate of drug-likeness (QED) is 0.863. The average molecular weight is 219 g/mol. The van der Waals surface area contributed by atoms with Crippen LogP contribution in [0.1, 0.15) is 18.2 Å². The second kappa shape index (κ2) is 4.18. The SMILES string of the molecule is COc1c(CC(C)N)ccc2cc(C)oc12. The molecule has 0 saturated heterocycles. The second-order valence-electron chi connectivity index (χ2n) is 4.21. The average Bonchev–Trinajstić information content (AvgIpc) is 2.57. The Bertz CT molecular complexity index is 500. The molecule has 3 heteroatoms. The fourth-order valence-corrected chi connectivity index (χ4v) is 1.98. The Morgan fingerprint density at radius 1 is 1.44 bits per heavy atom. The van der Waals surface area contributed by atoms with E-state index in [0.717, 1.165) is 34.5 Å². The van der Waals surface area contributed by atoms with Crippen LogP contribution in [-0.4, -0.2) is 13.2 Å². The number of furan rings is 1. The van der Waals surface area contributed by atoms with Crippen LogP contribution in [0.5, 0.6) is 5.75 Å². The highest BCUT2D eigenvalue weighted by molar-refractivity contribution is 5.85. The second-order valence-corrected chi connectivity index (χ2v) is 4.21. The van der Waals surface area contributed by atoms with Gasteiger partial charge in [0.05, 0.1) is 7.11 Å². The van der Waals surface area contributed by atoms with Crippen LogP contribution < -0.4 is 10.5 Å². The monoisotopic (exact) mass is 219 g/mol. The molecule has 1 unspecified atom stereocenters. The van der Waals surface area contributed by atoms with E-state index in [-0.39, 0.29) is 6.04 Å². The molecule has 0 fully saturated rings. The van der Waals surface area contributed by atoms with Gasteiger partial charge in [0.25, 0.3) is 0 Å². The highest BCUT2D eigenvalue weighted by Crippen LogP contribution is 2.32. The lowest BCUT2D eigenvalue weighted by Gasteiger charge is -2.10. The van der Waals surface area contributed by atoms with Gasteiger partial charge in [0.2, 0.25) is 0 Å². The zero-order chi connectivity index (χ0) is 11.7. The summed E-state index contributed by atoms with van der Waals surface area (Å²) in [6, 6.07) is 6.22. The molecule has 2 aromatic rings. The molecule has 2 N–H and O–H groups in total. The van der Waals surface area contributed by atoms with Crippen LogP contribution >= 0.6 is 0 Å². The molecule has 2 rings (SSSR count). The number of fused-ring (bicyclic) bond motifs is 1. The Labute approximate surface area is 95.2 Å². The molecule has 1 aromatic carbocycles. The van der Waals surface area contributed by atoms with Crippen molar-refractivity contribution < 1.29 is 9.15 Å². The number of rotatable bonds is 3. The molecule has 0 aliphatic rings. The van der Waals surface area contributed by atoms with E-state index >= 15 is 0 Å². The minimum Gasteiger partial charge on any atom is -0.493 e. The molecule has 1 heterocycles. The Kier molecular flexibility index (Phi) is 2.88. The van der Waals surface area contributed by atoms with Gasteiger partial charge < -0.3 is 14.9 Å².